The molecule has 1 fully saturated rings. The number of thioether (sulfide) groups is 1. The highest BCUT2D eigenvalue weighted by molar-refractivity contribution is 8.05. The maximum atomic E-state index is 13.6. The fourth-order valence-electron chi connectivity index (χ4n) is 3.70. The van der Waals surface area contributed by atoms with Gasteiger partial charge in [0.05, 0.1) is 33.3 Å². The number of carbonyl (C=O) groups is 1. The lowest BCUT2D eigenvalue weighted by Crippen LogP contribution is -2.27. The van der Waals surface area contributed by atoms with Gasteiger partial charge in [0.15, 0.2) is 11.5 Å². The maximum Gasteiger partial charge on any atom is 0.266 e. The van der Waals surface area contributed by atoms with Gasteiger partial charge in [0.2, 0.25) is 5.75 Å². The van der Waals surface area contributed by atoms with E-state index in [4.69, 9.17) is 18.9 Å². The Morgan fingerprint density at radius 1 is 0.818 bits per heavy atom. The average Bonchev–Trinajstić information content (AvgIpc) is 3.19. The van der Waals surface area contributed by atoms with Crippen molar-refractivity contribution in [2.24, 2.45) is 0 Å². The van der Waals surface area contributed by atoms with Gasteiger partial charge in [-0.2, -0.15) is 0 Å². The fourth-order valence-corrected chi connectivity index (χ4v) is 4.94. The lowest BCUT2D eigenvalue weighted by molar-refractivity contribution is -0.114. The van der Waals surface area contributed by atoms with Gasteiger partial charge in [-0.3, -0.25) is 9.69 Å². The van der Waals surface area contributed by atoms with Crippen LogP contribution in [-0.4, -0.2) is 34.3 Å². The number of methoxy groups -OCH3 is 4. The van der Waals surface area contributed by atoms with E-state index >= 15 is 0 Å². The molecule has 0 spiro atoms. The predicted octanol–water partition coefficient (Wildman–Crippen LogP) is 5.54. The summed E-state index contributed by atoms with van der Waals surface area (Å²) in [5.74, 6) is 2.23. The first-order valence-corrected chi connectivity index (χ1v) is 11.2. The number of benzene rings is 3. The van der Waals surface area contributed by atoms with Crippen LogP contribution in [0.1, 0.15) is 16.5 Å². The second-order valence-corrected chi connectivity index (χ2v) is 8.34. The smallest absolute Gasteiger partial charge is 0.266 e. The SMILES string of the molecule is COc1ccc(N2C(=O)/C(=C/c3ccccc3)SC2c2cc(OC)c(OC)c(OC)c2)cc1. The van der Waals surface area contributed by atoms with Crippen LogP contribution in [0.3, 0.4) is 0 Å². The van der Waals surface area contributed by atoms with E-state index in [0.717, 1.165) is 22.6 Å². The van der Waals surface area contributed by atoms with Crippen molar-refractivity contribution in [2.75, 3.05) is 33.3 Å². The van der Waals surface area contributed by atoms with E-state index in [2.05, 4.69) is 0 Å². The highest BCUT2D eigenvalue weighted by Crippen LogP contribution is 2.51. The average molecular weight is 464 g/mol. The van der Waals surface area contributed by atoms with Gasteiger partial charge >= 0.3 is 0 Å². The zero-order chi connectivity index (χ0) is 23.4. The molecule has 1 aliphatic heterocycles. The maximum absolute atomic E-state index is 13.6. The molecule has 6 nitrogen and oxygen atoms in total. The quantitative estimate of drug-likeness (QED) is 0.429. The lowest BCUT2D eigenvalue weighted by atomic mass is 10.1. The van der Waals surface area contributed by atoms with Gasteiger partial charge < -0.3 is 18.9 Å². The summed E-state index contributed by atoms with van der Waals surface area (Å²) in [7, 11) is 6.34. The summed E-state index contributed by atoms with van der Waals surface area (Å²) in [6.45, 7) is 0. The lowest BCUT2D eigenvalue weighted by Gasteiger charge is -2.25. The molecule has 170 valence electrons. The molecule has 1 amide bonds. The molecular formula is C26H25NO5S. The highest BCUT2D eigenvalue weighted by atomic mass is 32.2. The van der Waals surface area contributed by atoms with Gasteiger partial charge in [0.1, 0.15) is 11.1 Å². The number of hydrogen-bond donors (Lipinski definition) is 0. The monoisotopic (exact) mass is 463 g/mol. The third-order valence-corrected chi connectivity index (χ3v) is 6.58. The molecular weight excluding hydrogens is 438 g/mol. The molecule has 4 rings (SSSR count). The van der Waals surface area contributed by atoms with Crippen molar-refractivity contribution in [1.29, 1.82) is 0 Å². The van der Waals surface area contributed by atoms with Crippen molar-refractivity contribution in [1.82, 2.24) is 0 Å². The topological polar surface area (TPSA) is 57.2 Å². The second kappa shape index (κ2) is 9.92. The molecule has 1 heterocycles. The van der Waals surface area contributed by atoms with Gasteiger partial charge in [0, 0.05) is 5.69 Å². The summed E-state index contributed by atoms with van der Waals surface area (Å²) in [5.41, 5.74) is 2.59. The second-order valence-electron chi connectivity index (χ2n) is 7.22. The fraction of sp³-hybridized carbons (Fsp3) is 0.192. The van der Waals surface area contributed by atoms with Crippen LogP contribution in [0.2, 0.25) is 0 Å². The standard InChI is InChI=1S/C26H25NO5S/c1-29-20-12-10-19(11-13-20)27-25(28)23(14-17-8-6-5-7-9-17)33-26(27)18-15-21(30-2)24(32-4)22(16-18)31-3/h5-16,26H,1-4H3/b23-14-. The van der Waals surface area contributed by atoms with E-state index in [-0.39, 0.29) is 11.3 Å². The molecule has 33 heavy (non-hydrogen) atoms. The Bertz CT molecular complexity index is 1140. The largest absolute Gasteiger partial charge is 0.497 e. The minimum atomic E-state index is -0.324. The molecule has 0 saturated carbocycles. The Morgan fingerprint density at radius 2 is 1.45 bits per heavy atom. The Labute approximate surface area is 197 Å². The van der Waals surface area contributed by atoms with Gasteiger partial charge in [-0.1, -0.05) is 42.1 Å². The summed E-state index contributed by atoms with van der Waals surface area (Å²) >= 11 is 1.49. The van der Waals surface area contributed by atoms with Crippen molar-refractivity contribution in [3.05, 3.63) is 82.8 Å². The van der Waals surface area contributed by atoms with Crippen molar-refractivity contribution >= 4 is 29.4 Å². The molecule has 0 radical (unpaired) electrons. The van der Waals surface area contributed by atoms with E-state index < -0.39 is 0 Å². The number of rotatable bonds is 7. The van der Waals surface area contributed by atoms with Gasteiger partial charge in [-0.05, 0) is 53.6 Å². The number of hydrogen-bond acceptors (Lipinski definition) is 6. The Hall–Kier alpha value is -3.58. The number of ether oxygens (including phenoxy) is 4. The van der Waals surface area contributed by atoms with E-state index in [1.165, 1.54) is 11.8 Å². The Balaban J connectivity index is 1.83. The van der Waals surface area contributed by atoms with Gasteiger partial charge in [0.25, 0.3) is 5.91 Å². The Morgan fingerprint density at radius 3 is 2.00 bits per heavy atom. The zero-order valence-corrected chi connectivity index (χ0v) is 19.7. The molecule has 7 heteroatoms. The molecule has 3 aromatic carbocycles. The number of nitrogens with zero attached hydrogens (tertiary/aromatic N) is 1. The first-order chi connectivity index (χ1) is 16.1. The predicted molar refractivity (Wildman–Crippen MR) is 131 cm³/mol. The number of carbonyl (C=O) groups excluding carboxylic acids is 1. The van der Waals surface area contributed by atoms with Crippen molar-refractivity contribution in [3.63, 3.8) is 0 Å². The highest BCUT2D eigenvalue weighted by Gasteiger charge is 2.39. The first-order valence-electron chi connectivity index (χ1n) is 10.3. The van der Waals surface area contributed by atoms with Crippen LogP contribution in [0, 0.1) is 0 Å². The minimum absolute atomic E-state index is 0.0761. The van der Waals surface area contributed by atoms with Crippen molar-refractivity contribution < 1.29 is 23.7 Å². The van der Waals surface area contributed by atoms with Crippen molar-refractivity contribution in [3.8, 4) is 23.0 Å². The summed E-state index contributed by atoms with van der Waals surface area (Å²) in [6.07, 6.45) is 1.92. The summed E-state index contributed by atoms with van der Waals surface area (Å²) in [5, 5.41) is -0.324. The van der Waals surface area contributed by atoms with Crippen LogP contribution in [0.4, 0.5) is 5.69 Å². The van der Waals surface area contributed by atoms with Crippen molar-refractivity contribution in [2.45, 2.75) is 5.37 Å². The molecule has 1 saturated heterocycles. The molecule has 0 aromatic heterocycles. The third kappa shape index (κ3) is 4.50. The zero-order valence-electron chi connectivity index (χ0n) is 18.9. The van der Waals surface area contributed by atoms with Crippen LogP contribution >= 0.6 is 11.8 Å². The van der Waals surface area contributed by atoms with E-state index in [0.29, 0.717) is 22.2 Å². The normalized spacial score (nSPS) is 16.7. The summed E-state index contributed by atoms with van der Waals surface area (Å²) in [6, 6.07) is 21.0. The molecule has 1 aliphatic rings. The molecule has 0 aliphatic carbocycles. The van der Waals surface area contributed by atoms with Gasteiger partial charge in [-0.25, -0.2) is 0 Å². The van der Waals surface area contributed by atoms with Crippen LogP contribution in [0.15, 0.2) is 71.6 Å². The van der Waals surface area contributed by atoms with E-state index in [9.17, 15) is 4.79 Å². The van der Waals surface area contributed by atoms with Gasteiger partial charge in [-0.15, -0.1) is 0 Å². The molecule has 1 atom stereocenters. The molecule has 0 bridgehead atoms. The van der Waals surface area contributed by atoms with Crippen LogP contribution in [0.25, 0.3) is 6.08 Å². The number of anilines is 1. The molecule has 1 unspecified atom stereocenters. The van der Waals surface area contributed by atoms with E-state index in [1.807, 2.05) is 72.8 Å². The third-order valence-electron chi connectivity index (χ3n) is 5.32. The van der Waals surface area contributed by atoms with Crippen LogP contribution in [-0.2, 0) is 4.79 Å². The minimum Gasteiger partial charge on any atom is -0.497 e. The molecule has 0 N–H and O–H groups in total. The Kier molecular flexibility index (Phi) is 6.79. The summed E-state index contributed by atoms with van der Waals surface area (Å²) < 4.78 is 21.9. The van der Waals surface area contributed by atoms with Crippen LogP contribution in [0.5, 0.6) is 23.0 Å². The van der Waals surface area contributed by atoms with Crippen LogP contribution < -0.4 is 23.8 Å². The van der Waals surface area contributed by atoms with E-state index in [1.54, 1.807) is 33.3 Å². The summed E-state index contributed by atoms with van der Waals surface area (Å²) in [4.78, 5) is 16.0. The number of amides is 1. The first kappa shape index (κ1) is 22.6. The molecule has 3 aromatic rings.